The van der Waals surface area contributed by atoms with Gasteiger partial charge in [-0.05, 0) is 82.9 Å². The maximum absolute atomic E-state index is 6.98. The highest BCUT2D eigenvalue weighted by Gasteiger charge is 2.25. The minimum Gasteiger partial charge on any atom is -0.455 e. The van der Waals surface area contributed by atoms with E-state index < -0.39 is 0 Å². The summed E-state index contributed by atoms with van der Waals surface area (Å²) in [5.74, 6) is 0. The number of fused-ring (bicyclic) bond motifs is 6. The Balaban J connectivity index is 1.18. The maximum atomic E-state index is 6.98. The fourth-order valence-electron chi connectivity index (χ4n) is 8.69. The highest BCUT2D eigenvalue weighted by atomic mass is 16.3. The summed E-state index contributed by atoms with van der Waals surface area (Å²) in [6.07, 6.45) is 0. The van der Waals surface area contributed by atoms with Crippen molar-refractivity contribution in [3.8, 4) is 39.1 Å². The first kappa shape index (κ1) is 32.8. The predicted octanol–water partition coefficient (Wildman–Crippen LogP) is 15.2. The minimum absolute atomic E-state index is 0.854. The Bertz CT molecular complexity index is 3180. The summed E-state index contributed by atoms with van der Waals surface area (Å²) in [5, 5.41) is 4.61. The van der Waals surface area contributed by atoms with Crippen molar-refractivity contribution in [1.82, 2.24) is 4.57 Å². The predicted molar refractivity (Wildman–Crippen MR) is 239 cm³/mol. The normalized spacial score (nSPS) is 11.5. The van der Waals surface area contributed by atoms with E-state index in [2.05, 4.69) is 228 Å². The van der Waals surface area contributed by atoms with Crippen LogP contribution in [-0.2, 0) is 0 Å². The number of para-hydroxylation sites is 5. The Labute approximate surface area is 330 Å². The number of furan rings is 1. The number of hydrogen-bond acceptors (Lipinski definition) is 2. The third-order valence-electron chi connectivity index (χ3n) is 11.2. The van der Waals surface area contributed by atoms with Crippen molar-refractivity contribution in [3.63, 3.8) is 0 Å². The molecule has 0 aliphatic heterocycles. The van der Waals surface area contributed by atoms with Crippen LogP contribution in [0.25, 0.3) is 82.8 Å². The van der Waals surface area contributed by atoms with Gasteiger partial charge in [-0.1, -0.05) is 158 Å². The maximum Gasteiger partial charge on any atom is 0.145 e. The van der Waals surface area contributed by atoms with E-state index >= 15 is 0 Å². The van der Waals surface area contributed by atoms with Gasteiger partial charge < -0.3 is 13.9 Å². The second kappa shape index (κ2) is 13.6. The molecule has 2 aromatic heterocycles. The Morgan fingerprint density at radius 1 is 0.368 bits per heavy atom. The first-order valence-corrected chi connectivity index (χ1v) is 19.4. The molecule has 0 saturated heterocycles. The minimum atomic E-state index is 0.854. The second-order valence-electron chi connectivity index (χ2n) is 14.5. The van der Waals surface area contributed by atoms with Crippen molar-refractivity contribution < 1.29 is 4.42 Å². The van der Waals surface area contributed by atoms with Crippen LogP contribution in [0.4, 0.5) is 17.1 Å². The van der Waals surface area contributed by atoms with Gasteiger partial charge in [0.05, 0.1) is 27.8 Å². The van der Waals surface area contributed by atoms with E-state index in [-0.39, 0.29) is 0 Å². The lowest BCUT2D eigenvalue weighted by Gasteiger charge is -2.28. The number of nitrogens with zero attached hydrogens (tertiary/aromatic N) is 2. The molecule has 268 valence electrons. The Kier molecular flexibility index (Phi) is 7.82. The van der Waals surface area contributed by atoms with Crippen molar-refractivity contribution in [1.29, 1.82) is 0 Å². The van der Waals surface area contributed by atoms with Crippen molar-refractivity contribution in [3.05, 3.63) is 218 Å². The smallest absolute Gasteiger partial charge is 0.145 e. The van der Waals surface area contributed by atoms with Crippen molar-refractivity contribution in [2.24, 2.45) is 0 Å². The largest absolute Gasteiger partial charge is 0.455 e. The van der Waals surface area contributed by atoms with E-state index in [0.29, 0.717) is 0 Å². The lowest BCUT2D eigenvalue weighted by Crippen LogP contribution is -2.11. The average Bonchev–Trinajstić information content (AvgIpc) is 3.84. The third kappa shape index (κ3) is 5.43. The molecule has 9 aromatic carbocycles. The van der Waals surface area contributed by atoms with Crippen molar-refractivity contribution in [2.45, 2.75) is 0 Å². The lowest BCUT2D eigenvalue weighted by molar-refractivity contribution is 0.670. The molecule has 0 unspecified atom stereocenters. The number of anilines is 3. The first-order valence-electron chi connectivity index (χ1n) is 19.4. The standard InChI is InChI=1S/C54H36N2O/c1-4-18-37(19-5-1)41-33-32-40(36-47(41)38-20-6-2-7-21-38)55(39-22-8-3-9-23-39)51-35-34-45(54-53(51)46-27-13-17-31-52(46)57-54)44-26-12-16-30-50(44)56-48-28-14-10-24-42(48)43-25-11-15-29-49(43)56/h1-36H. The second-order valence-corrected chi connectivity index (χ2v) is 14.5. The van der Waals surface area contributed by atoms with Crippen LogP contribution in [0.1, 0.15) is 0 Å². The van der Waals surface area contributed by atoms with Gasteiger partial charge in [0.25, 0.3) is 0 Å². The number of aromatic nitrogens is 1. The quantitative estimate of drug-likeness (QED) is 0.163. The first-order chi connectivity index (χ1) is 28.3. The zero-order valence-electron chi connectivity index (χ0n) is 31.1. The molecule has 0 fully saturated rings. The zero-order valence-corrected chi connectivity index (χ0v) is 31.1. The molecule has 0 aliphatic carbocycles. The molecular formula is C54H36N2O. The molecular weight excluding hydrogens is 693 g/mol. The summed E-state index contributed by atoms with van der Waals surface area (Å²) < 4.78 is 9.38. The SMILES string of the molecule is c1ccc(-c2ccc(N(c3ccccc3)c3ccc(-c4ccccc4-n4c5ccccc5c5ccccc54)c4oc5ccccc5c34)cc2-c2ccccc2)cc1. The van der Waals surface area contributed by atoms with E-state index in [0.717, 1.165) is 55.8 Å². The van der Waals surface area contributed by atoms with Crippen LogP contribution in [-0.4, -0.2) is 4.57 Å². The Hall–Kier alpha value is -7.62. The molecule has 0 aliphatic rings. The molecule has 0 amide bonds. The van der Waals surface area contributed by atoms with E-state index in [1.54, 1.807) is 0 Å². The van der Waals surface area contributed by atoms with Gasteiger partial charge in [0.1, 0.15) is 11.2 Å². The highest BCUT2D eigenvalue weighted by Crippen LogP contribution is 2.48. The molecule has 0 saturated carbocycles. The van der Waals surface area contributed by atoms with E-state index in [4.69, 9.17) is 4.42 Å². The van der Waals surface area contributed by atoms with Crippen LogP contribution in [0.2, 0.25) is 0 Å². The van der Waals surface area contributed by atoms with Gasteiger partial charge >= 0.3 is 0 Å². The molecule has 3 nitrogen and oxygen atoms in total. The lowest BCUT2D eigenvalue weighted by atomic mass is 9.93. The zero-order chi connectivity index (χ0) is 37.7. The summed E-state index contributed by atoms with van der Waals surface area (Å²) in [7, 11) is 0. The average molecular weight is 729 g/mol. The van der Waals surface area contributed by atoms with Crippen LogP contribution in [0.3, 0.4) is 0 Å². The van der Waals surface area contributed by atoms with Gasteiger partial charge in [0.2, 0.25) is 0 Å². The van der Waals surface area contributed by atoms with Gasteiger partial charge in [-0.25, -0.2) is 0 Å². The summed E-state index contributed by atoms with van der Waals surface area (Å²) in [6.45, 7) is 0. The summed E-state index contributed by atoms with van der Waals surface area (Å²) >= 11 is 0. The van der Waals surface area contributed by atoms with E-state index in [1.807, 2.05) is 0 Å². The summed E-state index contributed by atoms with van der Waals surface area (Å²) in [4.78, 5) is 2.38. The van der Waals surface area contributed by atoms with Gasteiger partial charge in [0.15, 0.2) is 0 Å². The number of benzene rings is 9. The molecule has 0 radical (unpaired) electrons. The van der Waals surface area contributed by atoms with E-state index in [9.17, 15) is 0 Å². The molecule has 57 heavy (non-hydrogen) atoms. The summed E-state index contributed by atoms with van der Waals surface area (Å²) in [6, 6.07) is 77.9. The molecule has 3 heteroatoms. The number of hydrogen-bond donors (Lipinski definition) is 0. The summed E-state index contributed by atoms with van der Waals surface area (Å²) in [5.41, 5.74) is 15.2. The molecule has 0 N–H and O–H groups in total. The topological polar surface area (TPSA) is 21.3 Å². The fourth-order valence-corrected chi connectivity index (χ4v) is 8.69. The van der Waals surface area contributed by atoms with Crippen LogP contribution >= 0.6 is 0 Å². The Morgan fingerprint density at radius 3 is 1.61 bits per heavy atom. The van der Waals surface area contributed by atoms with E-state index in [1.165, 1.54) is 44.1 Å². The van der Waals surface area contributed by atoms with Crippen molar-refractivity contribution in [2.75, 3.05) is 4.90 Å². The van der Waals surface area contributed by atoms with Gasteiger partial charge in [-0.3, -0.25) is 0 Å². The molecule has 0 bridgehead atoms. The van der Waals surface area contributed by atoms with Crippen molar-refractivity contribution >= 4 is 60.8 Å². The van der Waals surface area contributed by atoms with Crippen LogP contribution in [0, 0.1) is 0 Å². The van der Waals surface area contributed by atoms with Crippen LogP contribution < -0.4 is 4.90 Å². The molecule has 2 heterocycles. The monoisotopic (exact) mass is 728 g/mol. The van der Waals surface area contributed by atoms with Gasteiger partial charge in [-0.15, -0.1) is 0 Å². The molecule has 0 atom stereocenters. The highest BCUT2D eigenvalue weighted by molar-refractivity contribution is 6.18. The third-order valence-corrected chi connectivity index (χ3v) is 11.2. The molecule has 0 spiro atoms. The molecule has 11 rings (SSSR count). The fraction of sp³-hybridized carbons (Fsp3) is 0. The van der Waals surface area contributed by atoms with Crippen LogP contribution in [0.15, 0.2) is 223 Å². The molecule has 11 aromatic rings. The van der Waals surface area contributed by atoms with Crippen LogP contribution in [0.5, 0.6) is 0 Å². The van der Waals surface area contributed by atoms with Gasteiger partial charge in [-0.2, -0.15) is 0 Å². The number of rotatable bonds is 7. The van der Waals surface area contributed by atoms with Gasteiger partial charge in [0, 0.05) is 38.7 Å². The Morgan fingerprint density at radius 2 is 0.912 bits per heavy atom.